The zero-order chi connectivity index (χ0) is 13.4. The van der Waals surface area contributed by atoms with Gasteiger partial charge in [-0.25, -0.2) is 0 Å². The molecule has 2 atom stereocenters. The zero-order valence-electron chi connectivity index (χ0n) is 11.1. The minimum atomic E-state index is -0.538. The molecule has 0 aliphatic rings. The van der Waals surface area contributed by atoms with Crippen LogP contribution < -0.4 is 11.1 Å². The summed E-state index contributed by atoms with van der Waals surface area (Å²) in [5.41, 5.74) is 6.51. The van der Waals surface area contributed by atoms with Crippen molar-refractivity contribution in [3.63, 3.8) is 0 Å². The molecule has 1 rings (SSSR count). The molecule has 2 unspecified atom stereocenters. The van der Waals surface area contributed by atoms with Gasteiger partial charge >= 0.3 is 0 Å². The Labute approximate surface area is 109 Å². The lowest BCUT2D eigenvalue weighted by molar-refractivity contribution is -0.133. The highest BCUT2D eigenvalue weighted by molar-refractivity contribution is 5.82. The maximum atomic E-state index is 12.0. The molecule has 4 nitrogen and oxygen atoms in total. The minimum absolute atomic E-state index is 0.0903. The molecule has 1 amide bonds. The Kier molecular flexibility index (Phi) is 6.39. The van der Waals surface area contributed by atoms with Gasteiger partial charge in [-0.05, 0) is 25.8 Å². The van der Waals surface area contributed by atoms with Gasteiger partial charge in [0.1, 0.15) is 0 Å². The monoisotopic (exact) mass is 250 g/mol. The Morgan fingerprint density at radius 3 is 2.61 bits per heavy atom. The van der Waals surface area contributed by atoms with Crippen LogP contribution >= 0.6 is 0 Å². The third-order valence-corrected chi connectivity index (χ3v) is 2.57. The highest BCUT2D eigenvalue weighted by Gasteiger charge is 2.20. The molecule has 0 bridgehead atoms. The molecule has 0 radical (unpaired) electrons. The molecule has 3 N–H and O–H groups in total. The molecular formula is C14H22N2O2. The number of rotatable bonds is 7. The Bertz CT molecular complexity index is 352. The third-order valence-electron chi connectivity index (χ3n) is 2.57. The summed E-state index contributed by atoms with van der Waals surface area (Å²) in [4.78, 5) is 12.0. The number of amides is 1. The van der Waals surface area contributed by atoms with Crippen molar-refractivity contribution in [3.05, 3.63) is 35.9 Å². The Morgan fingerprint density at radius 2 is 2.06 bits per heavy atom. The molecule has 0 saturated heterocycles. The van der Waals surface area contributed by atoms with Gasteiger partial charge in [0.05, 0.1) is 0 Å². The molecular weight excluding hydrogens is 228 g/mol. The molecule has 1 aromatic rings. The molecule has 4 heteroatoms. The first-order valence-corrected chi connectivity index (χ1v) is 6.35. The van der Waals surface area contributed by atoms with Crippen molar-refractivity contribution in [1.29, 1.82) is 0 Å². The van der Waals surface area contributed by atoms with E-state index >= 15 is 0 Å². The van der Waals surface area contributed by atoms with Crippen molar-refractivity contribution in [2.45, 2.75) is 32.4 Å². The third kappa shape index (κ3) is 4.85. The van der Waals surface area contributed by atoms with Crippen molar-refractivity contribution in [3.8, 4) is 0 Å². The number of nitrogens with two attached hydrogens (primary N) is 1. The smallest absolute Gasteiger partial charge is 0.253 e. The van der Waals surface area contributed by atoms with Crippen LogP contribution in [0, 0.1) is 0 Å². The van der Waals surface area contributed by atoms with Crippen molar-refractivity contribution in [1.82, 2.24) is 5.32 Å². The van der Waals surface area contributed by atoms with E-state index in [4.69, 9.17) is 10.5 Å². The molecule has 100 valence electrons. The second-order valence-electron chi connectivity index (χ2n) is 4.30. The van der Waals surface area contributed by atoms with Crippen LogP contribution in [-0.2, 0) is 9.53 Å². The lowest BCUT2D eigenvalue weighted by Gasteiger charge is -2.17. The number of hydrogen-bond acceptors (Lipinski definition) is 3. The SMILES string of the molecule is CCOC(C(=O)NCCC(C)N)c1ccccc1. The number of hydrogen-bond donors (Lipinski definition) is 2. The molecule has 18 heavy (non-hydrogen) atoms. The second kappa shape index (κ2) is 7.84. The highest BCUT2D eigenvalue weighted by atomic mass is 16.5. The molecule has 0 aliphatic carbocycles. The van der Waals surface area contributed by atoms with Crippen LogP contribution in [0.5, 0.6) is 0 Å². The number of nitrogens with one attached hydrogen (secondary N) is 1. The van der Waals surface area contributed by atoms with E-state index in [2.05, 4.69) is 5.32 Å². The van der Waals surface area contributed by atoms with E-state index < -0.39 is 6.10 Å². The van der Waals surface area contributed by atoms with E-state index in [1.165, 1.54) is 0 Å². The molecule has 0 aromatic heterocycles. The molecule has 0 fully saturated rings. The van der Waals surface area contributed by atoms with E-state index in [0.29, 0.717) is 13.2 Å². The van der Waals surface area contributed by atoms with Crippen LogP contribution in [0.15, 0.2) is 30.3 Å². The number of carbonyl (C=O) groups excluding carboxylic acids is 1. The molecule has 0 heterocycles. The summed E-state index contributed by atoms with van der Waals surface area (Å²) >= 11 is 0. The van der Waals surface area contributed by atoms with Crippen LogP contribution in [0.4, 0.5) is 0 Å². The van der Waals surface area contributed by atoms with E-state index in [9.17, 15) is 4.79 Å². The Hall–Kier alpha value is -1.39. The van der Waals surface area contributed by atoms with Crippen LogP contribution in [0.1, 0.15) is 31.9 Å². The topological polar surface area (TPSA) is 64.3 Å². The normalized spacial score (nSPS) is 13.9. The lowest BCUT2D eigenvalue weighted by atomic mass is 10.1. The van der Waals surface area contributed by atoms with E-state index in [0.717, 1.165) is 12.0 Å². The van der Waals surface area contributed by atoms with Gasteiger partial charge in [-0.3, -0.25) is 4.79 Å². The number of benzene rings is 1. The van der Waals surface area contributed by atoms with Gasteiger partial charge in [0.25, 0.3) is 5.91 Å². The van der Waals surface area contributed by atoms with Gasteiger partial charge in [-0.2, -0.15) is 0 Å². The zero-order valence-corrected chi connectivity index (χ0v) is 11.1. The fourth-order valence-corrected chi connectivity index (χ4v) is 1.63. The van der Waals surface area contributed by atoms with Crippen LogP contribution in [0.25, 0.3) is 0 Å². The number of ether oxygens (including phenoxy) is 1. The van der Waals surface area contributed by atoms with Crippen molar-refractivity contribution < 1.29 is 9.53 Å². The van der Waals surface area contributed by atoms with E-state index in [-0.39, 0.29) is 11.9 Å². The van der Waals surface area contributed by atoms with Gasteiger partial charge in [-0.1, -0.05) is 30.3 Å². The average molecular weight is 250 g/mol. The second-order valence-corrected chi connectivity index (χ2v) is 4.30. The van der Waals surface area contributed by atoms with Gasteiger partial charge < -0.3 is 15.8 Å². The highest BCUT2D eigenvalue weighted by Crippen LogP contribution is 2.17. The average Bonchev–Trinajstić information content (AvgIpc) is 2.36. The summed E-state index contributed by atoms with van der Waals surface area (Å²) in [6, 6.07) is 9.59. The summed E-state index contributed by atoms with van der Waals surface area (Å²) in [6.07, 6.45) is 0.226. The predicted molar refractivity (Wildman–Crippen MR) is 72.1 cm³/mol. The van der Waals surface area contributed by atoms with Gasteiger partial charge in [0, 0.05) is 19.2 Å². The fourth-order valence-electron chi connectivity index (χ4n) is 1.63. The van der Waals surface area contributed by atoms with E-state index in [1.54, 1.807) is 0 Å². The maximum absolute atomic E-state index is 12.0. The summed E-state index contributed by atoms with van der Waals surface area (Å²) in [5.74, 6) is -0.108. The van der Waals surface area contributed by atoms with Crippen molar-refractivity contribution in [2.24, 2.45) is 5.73 Å². The lowest BCUT2D eigenvalue weighted by Crippen LogP contribution is -2.33. The summed E-state index contributed by atoms with van der Waals surface area (Å²) < 4.78 is 5.50. The van der Waals surface area contributed by atoms with Crippen LogP contribution in [-0.4, -0.2) is 25.1 Å². The van der Waals surface area contributed by atoms with Gasteiger partial charge in [0.2, 0.25) is 0 Å². The summed E-state index contributed by atoms with van der Waals surface area (Å²) in [6.45, 7) is 4.88. The van der Waals surface area contributed by atoms with E-state index in [1.807, 2.05) is 44.2 Å². The largest absolute Gasteiger partial charge is 0.364 e. The number of carbonyl (C=O) groups is 1. The molecule has 0 saturated carbocycles. The minimum Gasteiger partial charge on any atom is -0.364 e. The molecule has 1 aromatic carbocycles. The summed E-state index contributed by atoms with van der Waals surface area (Å²) in [5, 5.41) is 2.85. The Morgan fingerprint density at radius 1 is 1.39 bits per heavy atom. The summed E-state index contributed by atoms with van der Waals surface area (Å²) in [7, 11) is 0. The van der Waals surface area contributed by atoms with Crippen molar-refractivity contribution >= 4 is 5.91 Å². The fraction of sp³-hybridized carbons (Fsp3) is 0.500. The van der Waals surface area contributed by atoms with Crippen molar-refractivity contribution in [2.75, 3.05) is 13.2 Å². The first kappa shape index (κ1) is 14.7. The molecule has 0 spiro atoms. The first-order valence-electron chi connectivity index (χ1n) is 6.35. The van der Waals surface area contributed by atoms with Crippen LogP contribution in [0.2, 0.25) is 0 Å². The Balaban J connectivity index is 2.59. The predicted octanol–water partition coefficient (Wildman–Crippen LogP) is 1.62. The van der Waals surface area contributed by atoms with Gasteiger partial charge in [-0.15, -0.1) is 0 Å². The van der Waals surface area contributed by atoms with Crippen LogP contribution in [0.3, 0.4) is 0 Å². The standard InChI is InChI=1S/C14H22N2O2/c1-3-18-13(12-7-5-4-6-8-12)14(17)16-10-9-11(2)15/h4-8,11,13H,3,9-10,15H2,1-2H3,(H,16,17). The van der Waals surface area contributed by atoms with Gasteiger partial charge in [0.15, 0.2) is 6.10 Å². The first-order chi connectivity index (χ1) is 8.65. The molecule has 0 aliphatic heterocycles. The maximum Gasteiger partial charge on any atom is 0.253 e. The quantitative estimate of drug-likeness (QED) is 0.773.